The fourth-order valence-electron chi connectivity index (χ4n) is 2.96. The topological polar surface area (TPSA) is 89.1 Å². The number of rotatable bonds is 5. The molecule has 1 heterocycles. The van der Waals surface area contributed by atoms with Gasteiger partial charge in [-0.2, -0.15) is 0 Å². The van der Waals surface area contributed by atoms with Crippen LogP contribution in [0.5, 0.6) is 11.5 Å². The van der Waals surface area contributed by atoms with Crippen LogP contribution in [0.4, 0.5) is 5.69 Å². The Morgan fingerprint density at radius 3 is 2.23 bits per heavy atom. The third kappa shape index (κ3) is 5.25. The molecule has 0 bridgehead atoms. The van der Waals surface area contributed by atoms with Crippen LogP contribution in [0.25, 0.3) is 0 Å². The van der Waals surface area contributed by atoms with Crippen molar-refractivity contribution in [1.29, 1.82) is 0 Å². The van der Waals surface area contributed by atoms with E-state index in [-0.39, 0.29) is 16.9 Å². The molecule has 2 N–H and O–H groups in total. The van der Waals surface area contributed by atoms with Crippen molar-refractivity contribution in [3.63, 3.8) is 0 Å². The molecule has 8 nitrogen and oxygen atoms in total. The molecule has 30 heavy (non-hydrogen) atoms. The molecule has 1 fully saturated rings. The highest BCUT2D eigenvalue weighted by Gasteiger charge is 2.18. The SMILES string of the molecule is COc1ccc(C(=O)NC(=S)Nc2ccc(C(=O)N3CCOCC3)cc2)cc1OC. The molecule has 0 spiro atoms. The molecule has 0 aliphatic carbocycles. The Morgan fingerprint density at radius 1 is 0.967 bits per heavy atom. The van der Waals surface area contributed by atoms with Crippen molar-refractivity contribution >= 4 is 34.8 Å². The Morgan fingerprint density at radius 2 is 1.60 bits per heavy atom. The number of hydrogen-bond donors (Lipinski definition) is 2. The van der Waals surface area contributed by atoms with Crippen LogP contribution in [0, 0.1) is 0 Å². The second-order valence-corrected chi connectivity index (χ2v) is 6.87. The van der Waals surface area contributed by atoms with Crippen LogP contribution in [0.2, 0.25) is 0 Å². The summed E-state index contributed by atoms with van der Waals surface area (Å²) in [7, 11) is 3.02. The lowest BCUT2D eigenvalue weighted by Crippen LogP contribution is -2.40. The summed E-state index contributed by atoms with van der Waals surface area (Å²) in [5.74, 6) is 0.563. The van der Waals surface area contributed by atoms with Crippen molar-refractivity contribution in [3.8, 4) is 11.5 Å². The first kappa shape index (κ1) is 21.5. The molecule has 2 aromatic rings. The molecule has 2 aromatic carbocycles. The van der Waals surface area contributed by atoms with Gasteiger partial charge in [-0.25, -0.2) is 0 Å². The summed E-state index contributed by atoms with van der Waals surface area (Å²) in [5, 5.41) is 5.70. The summed E-state index contributed by atoms with van der Waals surface area (Å²) in [6, 6.07) is 11.8. The average molecular weight is 429 g/mol. The highest BCUT2D eigenvalue weighted by atomic mass is 32.1. The molecule has 1 aliphatic rings. The number of carbonyl (C=O) groups excluding carboxylic acids is 2. The number of hydrogen-bond acceptors (Lipinski definition) is 6. The summed E-state index contributed by atoms with van der Waals surface area (Å²) < 4.78 is 15.6. The van der Waals surface area contributed by atoms with Crippen LogP contribution in [0.15, 0.2) is 42.5 Å². The Bertz CT molecular complexity index is 927. The smallest absolute Gasteiger partial charge is 0.257 e. The lowest BCUT2D eigenvalue weighted by atomic mass is 10.1. The zero-order valence-corrected chi connectivity index (χ0v) is 17.6. The second kappa shape index (κ2) is 10.0. The van der Waals surface area contributed by atoms with Gasteiger partial charge in [0.1, 0.15) is 0 Å². The number of nitrogens with zero attached hydrogens (tertiary/aromatic N) is 1. The Hall–Kier alpha value is -3.17. The molecule has 1 aliphatic heterocycles. The predicted molar refractivity (Wildman–Crippen MR) is 116 cm³/mol. The number of nitrogens with one attached hydrogen (secondary N) is 2. The van der Waals surface area contributed by atoms with Crippen LogP contribution in [0.3, 0.4) is 0 Å². The van der Waals surface area contributed by atoms with Gasteiger partial charge in [0.2, 0.25) is 0 Å². The number of anilines is 1. The monoisotopic (exact) mass is 429 g/mol. The summed E-state index contributed by atoms with van der Waals surface area (Å²) in [6.07, 6.45) is 0. The van der Waals surface area contributed by atoms with Crippen molar-refractivity contribution in [1.82, 2.24) is 10.2 Å². The van der Waals surface area contributed by atoms with Crippen molar-refractivity contribution in [2.45, 2.75) is 0 Å². The zero-order chi connectivity index (χ0) is 21.5. The molecule has 0 unspecified atom stereocenters. The number of methoxy groups -OCH3 is 2. The van der Waals surface area contributed by atoms with E-state index in [1.165, 1.54) is 14.2 Å². The van der Waals surface area contributed by atoms with E-state index < -0.39 is 0 Å². The molecule has 0 saturated carbocycles. The number of thiocarbonyl (C=S) groups is 1. The van der Waals surface area contributed by atoms with Gasteiger partial charge in [-0.15, -0.1) is 0 Å². The largest absolute Gasteiger partial charge is 0.493 e. The van der Waals surface area contributed by atoms with E-state index in [0.717, 1.165) is 0 Å². The fourth-order valence-corrected chi connectivity index (χ4v) is 3.17. The third-order valence-corrected chi connectivity index (χ3v) is 4.76. The molecule has 158 valence electrons. The highest BCUT2D eigenvalue weighted by Crippen LogP contribution is 2.27. The summed E-state index contributed by atoms with van der Waals surface area (Å²) in [5.41, 5.74) is 1.62. The summed E-state index contributed by atoms with van der Waals surface area (Å²) in [6.45, 7) is 2.29. The van der Waals surface area contributed by atoms with Gasteiger partial charge in [0.25, 0.3) is 11.8 Å². The van der Waals surface area contributed by atoms with Gasteiger partial charge in [0.15, 0.2) is 16.6 Å². The van der Waals surface area contributed by atoms with E-state index in [9.17, 15) is 9.59 Å². The Kier molecular flexibility index (Phi) is 7.21. The first-order chi connectivity index (χ1) is 14.5. The van der Waals surface area contributed by atoms with Gasteiger partial charge in [-0.05, 0) is 54.7 Å². The van der Waals surface area contributed by atoms with Gasteiger partial charge in [0, 0.05) is 29.9 Å². The molecule has 1 saturated heterocycles. The molecule has 0 radical (unpaired) electrons. The highest BCUT2D eigenvalue weighted by molar-refractivity contribution is 7.80. The van der Waals surface area contributed by atoms with E-state index in [1.54, 1.807) is 47.4 Å². The number of carbonyl (C=O) groups is 2. The summed E-state index contributed by atoms with van der Waals surface area (Å²) >= 11 is 5.22. The van der Waals surface area contributed by atoms with E-state index in [2.05, 4.69) is 10.6 Å². The van der Waals surface area contributed by atoms with E-state index in [4.69, 9.17) is 26.4 Å². The van der Waals surface area contributed by atoms with Gasteiger partial charge in [0.05, 0.1) is 27.4 Å². The number of ether oxygens (including phenoxy) is 3. The van der Waals surface area contributed by atoms with Gasteiger partial charge >= 0.3 is 0 Å². The first-order valence-electron chi connectivity index (χ1n) is 9.33. The molecule has 3 rings (SSSR count). The third-order valence-electron chi connectivity index (χ3n) is 4.56. The average Bonchev–Trinajstić information content (AvgIpc) is 2.79. The normalized spacial score (nSPS) is 13.3. The van der Waals surface area contributed by atoms with Crippen LogP contribution in [0.1, 0.15) is 20.7 Å². The van der Waals surface area contributed by atoms with Crippen molar-refractivity contribution in [2.24, 2.45) is 0 Å². The van der Waals surface area contributed by atoms with Crippen molar-refractivity contribution < 1.29 is 23.8 Å². The molecule has 0 atom stereocenters. The minimum absolute atomic E-state index is 0.0332. The molecule has 2 amide bonds. The van der Waals surface area contributed by atoms with Crippen molar-refractivity contribution in [2.75, 3.05) is 45.8 Å². The standard InChI is InChI=1S/C21H23N3O5S/c1-27-17-8-5-15(13-18(17)28-2)19(25)23-21(30)22-16-6-3-14(4-7-16)20(26)24-9-11-29-12-10-24/h3-8,13H,9-12H2,1-2H3,(H2,22,23,25,30). The maximum atomic E-state index is 12.5. The maximum Gasteiger partial charge on any atom is 0.257 e. The maximum absolute atomic E-state index is 12.5. The predicted octanol–water partition coefficient (Wildman–Crippen LogP) is 2.30. The fraction of sp³-hybridized carbons (Fsp3) is 0.286. The molecule has 0 aromatic heterocycles. The number of benzene rings is 2. The second-order valence-electron chi connectivity index (χ2n) is 6.46. The zero-order valence-electron chi connectivity index (χ0n) is 16.8. The lowest BCUT2D eigenvalue weighted by Gasteiger charge is -2.26. The van der Waals surface area contributed by atoms with Gasteiger partial charge < -0.3 is 24.4 Å². The lowest BCUT2D eigenvalue weighted by molar-refractivity contribution is 0.0303. The minimum atomic E-state index is -0.382. The van der Waals surface area contributed by atoms with Crippen molar-refractivity contribution in [3.05, 3.63) is 53.6 Å². The van der Waals surface area contributed by atoms with Crippen LogP contribution < -0.4 is 20.1 Å². The number of amides is 2. The van der Waals surface area contributed by atoms with Crippen LogP contribution >= 0.6 is 12.2 Å². The van der Waals surface area contributed by atoms with Gasteiger partial charge in [-0.3, -0.25) is 14.9 Å². The van der Waals surface area contributed by atoms with E-state index >= 15 is 0 Å². The molecule has 9 heteroatoms. The van der Waals surface area contributed by atoms with Crippen LogP contribution in [-0.4, -0.2) is 62.3 Å². The van der Waals surface area contributed by atoms with Crippen LogP contribution in [-0.2, 0) is 4.74 Å². The van der Waals surface area contributed by atoms with Gasteiger partial charge in [-0.1, -0.05) is 0 Å². The number of morpholine rings is 1. The Balaban J connectivity index is 1.58. The first-order valence-corrected chi connectivity index (χ1v) is 9.74. The Labute approximate surface area is 180 Å². The quantitative estimate of drug-likeness (QED) is 0.705. The van der Waals surface area contributed by atoms with E-state index in [1.807, 2.05) is 0 Å². The summed E-state index contributed by atoms with van der Waals surface area (Å²) in [4.78, 5) is 26.7. The molecular weight excluding hydrogens is 406 g/mol. The minimum Gasteiger partial charge on any atom is -0.493 e. The van der Waals surface area contributed by atoms with E-state index in [0.29, 0.717) is 54.6 Å². The molecular formula is C21H23N3O5S.